The lowest BCUT2D eigenvalue weighted by molar-refractivity contribution is 0.258. The van der Waals surface area contributed by atoms with Crippen LogP contribution in [0.3, 0.4) is 0 Å². The number of aromatic nitrogens is 3. The standard InChI is InChI=1S/C15H27N5.ClH/c1-11(2)6-20-15(17-10-18-20)9-19-7-12-4-3-5-14(16)13(12)8-19;/h10-14H,3-9,16H2,1-2H3;1H. The molecular weight excluding hydrogens is 286 g/mol. The van der Waals surface area contributed by atoms with Gasteiger partial charge >= 0.3 is 0 Å². The molecule has 0 spiro atoms. The van der Waals surface area contributed by atoms with E-state index >= 15 is 0 Å². The van der Waals surface area contributed by atoms with Crippen molar-refractivity contribution in [3.63, 3.8) is 0 Å². The van der Waals surface area contributed by atoms with E-state index in [0.29, 0.717) is 17.9 Å². The van der Waals surface area contributed by atoms with Crippen molar-refractivity contribution in [2.45, 2.75) is 52.2 Å². The van der Waals surface area contributed by atoms with E-state index in [0.717, 1.165) is 31.4 Å². The molecule has 0 aromatic carbocycles. The van der Waals surface area contributed by atoms with Crippen molar-refractivity contribution in [3.8, 4) is 0 Å². The van der Waals surface area contributed by atoms with Gasteiger partial charge in [-0.2, -0.15) is 5.10 Å². The van der Waals surface area contributed by atoms with Gasteiger partial charge in [0.15, 0.2) is 0 Å². The zero-order valence-electron chi connectivity index (χ0n) is 13.1. The van der Waals surface area contributed by atoms with Crippen LogP contribution in [0.25, 0.3) is 0 Å². The Morgan fingerprint density at radius 2 is 2.14 bits per heavy atom. The number of hydrogen-bond acceptors (Lipinski definition) is 4. The number of nitrogens with zero attached hydrogens (tertiary/aromatic N) is 4. The molecule has 2 heterocycles. The average molecular weight is 314 g/mol. The van der Waals surface area contributed by atoms with Crippen LogP contribution in [0.5, 0.6) is 0 Å². The third kappa shape index (κ3) is 3.76. The van der Waals surface area contributed by atoms with Gasteiger partial charge in [-0.25, -0.2) is 9.67 Å². The molecule has 3 unspecified atom stereocenters. The Balaban J connectivity index is 0.00000161. The van der Waals surface area contributed by atoms with E-state index in [9.17, 15) is 0 Å². The summed E-state index contributed by atoms with van der Waals surface area (Å²) < 4.78 is 2.06. The average Bonchev–Trinajstić information content (AvgIpc) is 2.97. The number of rotatable bonds is 4. The Hall–Kier alpha value is -0.650. The SMILES string of the molecule is CC(C)Cn1ncnc1CN1CC2CCCC(N)C2C1.Cl. The van der Waals surface area contributed by atoms with E-state index < -0.39 is 0 Å². The van der Waals surface area contributed by atoms with E-state index in [-0.39, 0.29) is 12.4 Å². The van der Waals surface area contributed by atoms with Crippen molar-refractivity contribution in [1.82, 2.24) is 19.7 Å². The predicted molar refractivity (Wildman–Crippen MR) is 86.2 cm³/mol. The molecule has 0 amide bonds. The first kappa shape index (κ1) is 16.7. The first-order valence-corrected chi connectivity index (χ1v) is 7.98. The first-order chi connectivity index (χ1) is 9.63. The summed E-state index contributed by atoms with van der Waals surface area (Å²) in [5.41, 5.74) is 6.29. The highest BCUT2D eigenvalue weighted by Crippen LogP contribution is 2.35. The summed E-state index contributed by atoms with van der Waals surface area (Å²) in [5.74, 6) is 3.21. The number of fused-ring (bicyclic) bond motifs is 1. The maximum atomic E-state index is 6.29. The minimum Gasteiger partial charge on any atom is -0.327 e. The van der Waals surface area contributed by atoms with Crippen molar-refractivity contribution in [2.24, 2.45) is 23.5 Å². The van der Waals surface area contributed by atoms with Crippen LogP contribution >= 0.6 is 12.4 Å². The van der Waals surface area contributed by atoms with Gasteiger partial charge in [0.05, 0.1) is 6.54 Å². The maximum Gasteiger partial charge on any atom is 0.141 e. The highest BCUT2D eigenvalue weighted by Gasteiger charge is 2.38. The van der Waals surface area contributed by atoms with Crippen molar-refractivity contribution in [3.05, 3.63) is 12.2 Å². The normalized spacial score (nSPS) is 29.4. The number of halogens is 1. The minimum atomic E-state index is 0. The van der Waals surface area contributed by atoms with Gasteiger partial charge in [0.2, 0.25) is 0 Å². The lowest BCUT2D eigenvalue weighted by atomic mass is 9.78. The van der Waals surface area contributed by atoms with Crippen LogP contribution < -0.4 is 5.73 Å². The van der Waals surface area contributed by atoms with Crippen LogP contribution in [0.15, 0.2) is 6.33 Å². The molecular formula is C15H28ClN5. The zero-order chi connectivity index (χ0) is 14.1. The quantitative estimate of drug-likeness (QED) is 0.922. The molecule has 1 aromatic rings. The topological polar surface area (TPSA) is 60.0 Å². The van der Waals surface area contributed by atoms with Crippen molar-refractivity contribution in [1.29, 1.82) is 0 Å². The van der Waals surface area contributed by atoms with E-state index in [1.807, 2.05) is 0 Å². The Morgan fingerprint density at radius 1 is 1.33 bits per heavy atom. The van der Waals surface area contributed by atoms with Gasteiger partial charge in [0.1, 0.15) is 12.2 Å². The predicted octanol–water partition coefficient (Wildman–Crippen LogP) is 1.92. The molecule has 2 fully saturated rings. The molecule has 3 atom stereocenters. The van der Waals surface area contributed by atoms with Crippen molar-refractivity contribution < 1.29 is 0 Å². The molecule has 2 aliphatic rings. The lowest BCUT2D eigenvalue weighted by Crippen LogP contribution is -2.38. The molecule has 120 valence electrons. The fourth-order valence-electron chi connectivity index (χ4n) is 3.85. The van der Waals surface area contributed by atoms with Gasteiger partial charge in [-0.3, -0.25) is 4.90 Å². The Labute approximate surface area is 133 Å². The molecule has 1 aromatic heterocycles. The summed E-state index contributed by atoms with van der Waals surface area (Å²) in [7, 11) is 0. The monoisotopic (exact) mass is 313 g/mol. The van der Waals surface area contributed by atoms with E-state index in [2.05, 4.69) is 33.5 Å². The van der Waals surface area contributed by atoms with Gasteiger partial charge in [0.25, 0.3) is 0 Å². The van der Waals surface area contributed by atoms with Crippen LogP contribution in [0.4, 0.5) is 0 Å². The van der Waals surface area contributed by atoms with Gasteiger partial charge in [-0.15, -0.1) is 12.4 Å². The summed E-state index contributed by atoms with van der Waals surface area (Å²) in [6.07, 6.45) is 5.55. The summed E-state index contributed by atoms with van der Waals surface area (Å²) >= 11 is 0. The molecule has 1 saturated heterocycles. The second-order valence-corrected chi connectivity index (χ2v) is 6.96. The molecule has 3 rings (SSSR count). The summed E-state index contributed by atoms with van der Waals surface area (Å²) in [6, 6.07) is 0.410. The third-order valence-electron chi connectivity index (χ3n) is 4.83. The Kier molecular flexibility index (Phi) is 5.63. The molecule has 0 bridgehead atoms. The first-order valence-electron chi connectivity index (χ1n) is 7.98. The Morgan fingerprint density at radius 3 is 2.86 bits per heavy atom. The van der Waals surface area contributed by atoms with E-state index in [1.54, 1.807) is 6.33 Å². The number of likely N-dealkylation sites (tertiary alicyclic amines) is 1. The van der Waals surface area contributed by atoms with Crippen molar-refractivity contribution >= 4 is 12.4 Å². The fraction of sp³-hybridized carbons (Fsp3) is 0.867. The Bertz CT molecular complexity index is 447. The van der Waals surface area contributed by atoms with Crippen LogP contribution in [0.1, 0.15) is 38.9 Å². The molecule has 21 heavy (non-hydrogen) atoms. The smallest absolute Gasteiger partial charge is 0.141 e. The number of nitrogens with two attached hydrogens (primary N) is 1. The second-order valence-electron chi connectivity index (χ2n) is 6.96. The lowest BCUT2D eigenvalue weighted by Gasteiger charge is -2.29. The zero-order valence-corrected chi connectivity index (χ0v) is 13.9. The largest absolute Gasteiger partial charge is 0.327 e. The molecule has 6 heteroatoms. The van der Waals surface area contributed by atoms with E-state index in [1.165, 1.54) is 25.8 Å². The van der Waals surface area contributed by atoms with E-state index in [4.69, 9.17) is 5.73 Å². The van der Waals surface area contributed by atoms with Crippen molar-refractivity contribution in [2.75, 3.05) is 13.1 Å². The van der Waals surface area contributed by atoms with Gasteiger partial charge in [0, 0.05) is 25.7 Å². The van der Waals surface area contributed by atoms with Crippen LogP contribution in [-0.2, 0) is 13.1 Å². The summed E-state index contributed by atoms with van der Waals surface area (Å²) in [4.78, 5) is 6.98. The van der Waals surface area contributed by atoms with Gasteiger partial charge in [-0.05, 0) is 30.6 Å². The van der Waals surface area contributed by atoms with Crippen LogP contribution in [-0.4, -0.2) is 38.8 Å². The van der Waals surface area contributed by atoms with Gasteiger partial charge < -0.3 is 5.73 Å². The number of hydrogen-bond donors (Lipinski definition) is 1. The molecule has 1 aliphatic heterocycles. The molecule has 0 radical (unpaired) electrons. The molecule has 5 nitrogen and oxygen atoms in total. The molecule has 2 N–H and O–H groups in total. The highest BCUT2D eigenvalue weighted by molar-refractivity contribution is 5.85. The summed E-state index contributed by atoms with van der Waals surface area (Å²) in [6.45, 7) is 8.64. The van der Waals surface area contributed by atoms with Crippen LogP contribution in [0, 0.1) is 17.8 Å². The maximum absolute atomic E-state index is 6.29. The fourth-order valence-corrected chi connectivity index (χ4v) is 3.85. The third-order valence-corrected chi connectivity index (χ3v) is 4.83. The van der Waals surface area contributed by atoms with Crippen LogP contribution in [0.2, 0.25) is 0 Å². The van der Waals surface area contributed by atoms with Gasteiger partial charge in [-0.1, -0.05) is 20.3 Å². The molecule has 1 saturated carbocycles. The highest BCUT2D eigenvalue weighted by atomic mass is 35.5. The second kappa shape index (κ2) is 7.07. The summed E-state index contributed by atoms with van der Waals surface area (Å²) in [5, 5.41) is 4.36. The minimum absolute atomic E-state index is 0. The molecule has 1 aliphatic carbocycles.